The van der Waals surface area contributed by atoms with Crippen LogP contribution in [-0.4, -0.2) is 26.5 Å². The molecule has 0 unspecified atom stereocenters. The first-order valence-electron chi connectivity index (χ1n) is 5.80. The normalized spacial score (nSPS) is 10.7. The maximum Gasteiger partial charge on any atom is 0.0964 e. The van der Waals surface area contributed by atoms with Crippen molar-refractivity contribution in [2.75, 3.05) is 6.54 Å². The first-order chi connectivity index (χ1) is 8.29. The summed E-state index contributed by atoms with van der Waals surface area (Å²) in [5.41, 5.74) is 3.17. The van der Waals surface area contributed by atoms with Gasteiger partial charge in [0, 0.05) is 12.7 Å². The van der Waals surface area contributed by atoms with Gasteiger partial charge in [-0.05, 0) is 25.1 Å². The number of pyridine rings is 1. The van der Waals surface area contributed by atoms with E-state index in [1.807, 2.05) is 16.9 Å². The molecule has 17 heavy (non-hydrogen) atoms. The molecule has 5 nitrogen and oxygen atoms in total. The van der Waals surface area contributed by atoms with Crippen LogP contribution in [-0.2, 0) is 13.1 Å². The van der Waals surface area contributed by atoms with E-state index < -0.39 is 0 Å². The summed E-state index contributed by atoms with van der Waals surface area (Å²) in [4.78, 5) is 4.34. The summed E-state index contributed by atoms with van der Waals surface area (Å²) in [6, 6.07) is 4.00. The fourth-order valence-corrected chi connectivity index (χ4v) is 1.59. The number of nitrogens with one attached hydrogen (secondary N) is 1. The zero-order chi connectivity index (χ0) is 12.1. The number of hydrogen-bond acceptors (Lipinski definition) is 4. The first-order valence-corrected chi connectivity index (χ1v) is 5.80. The van der Waals surface area contributed by atoms with Gasteiger partial charge in [-0.2, -0.15) is 0 Å². The lowest BCUT2D eigenvalue weighted by atomic mass is 10.2. The fraction of sp³-hybridized carbons (Fsp3) is 0.417. The molecule has 0 fully saturated rings. The van der Waals surface area contributed by atoms with Gasteiger partial charge in [-0.3, -0.25) is 4.98 Å². The Kier molecular flexibility index (Phi) is 3.82. The minimum Gasteiger partial charge on any atom is -0.311 e. The van der Waals surface area contributed by atoms with Gasteiger partial charge >= 0.3 is 0 Å². The van der Waals surface area contributed by atoms with Gasteiger partial charge in [0.05, 0.1) is 24.1 Å². The lowest BCUT2D eigenvalue weighted by molar-refractivity contribution is 0.635. The van der Waals surface area contributed by atoms with Crippen molar-refractivity contribution in [1.82, 2.24) is 25.3 Å². The van der Waals surface area contributed by atoms with E-state index in [2.05, 4.69) is 40.5 Å². The maximum atomic E-state index is 4.34. The fourth-order valence-electron chi connectivity index (χ4n) is 1.59. The van der Waals surface area contributed by atoms with Gasteiger partial charge in [0.25, 0.3) is 0 Å². The van der Waals surface area contributed by atoms with Gasteiger partial charge in [0.1, 0.15) is 0 Å². The van der Waals surface area contributed by atoms with Crippen molar-refractivity contribution in [3.63, 3.8) is 0 Å². The van der Waals surface area contributed by atoms with Crippen molar-refractivity contribution in [1.29, 1.82) is 0 Å². The summed E-state index contributed by atoms with van der Waals surface area (Å²) in [6.45, 7) is 6.50. The lowest BCUT2D eigenvalue weighted by Crippen LogP contribution is -2.11. The molecule has 2 aromatic rings. The smallest absolute Gasteiger partial charge is 0.0964 e. The highest BCUT2D eigenvalue weighted by Crippen LogP contribution is 2.05. The predicted octanol–water partition coefficient (Wildman–Crippen LogP) is 1.14. The standard InChI is InChI=1S/C12H17N5/c1-3-13-7-11-8-17(16-15-11)9-12-10(2)5-4-6-14-12/h4-6,8,13H,3,7,9H2,1-2H3. The summed E-state index contributed by atoms with van der Waals surface area (Å²) in [5.74, 6) is 0. The molecule has 0 saturated carbocycles. The van der Waals surface area contributed by atoms with Gasteiger partial charge in [0.15, 0.2) is 0 Å². The third-order valence-corrected chi connectivity index (χ3v) is 2.57. The Morgan fingerprint density at radius 2 is 2.29 bits per heavy atom. The summed E-state index contributed by atoms with van der Waals surface area (Å²) in [6.07, 6.45) is 3.76. The van der Waals surface area contributed by atoms with E-state index in [0.29, 0.717) is 6.54 Å². The first kappa shape index (κ1) is 11.7. The van der Waals surface area contributed by atoms with Crippen molar-refractivity contribution in [2.45, 2.75) is 26.9 Å². The Labute approximate surface area is 101 Å². The second kappa shape index (κ2) is 5.54. The van der Waals surface area contributed by atoms with E-state index in [4.69, 9.17) is 0 Å². The summed E-state index contributed by atoms with van der Waals surface area (Å²) >= 11 is 0. The van der Waals surface area contributed by atoms with Gasteiger partial charge in [-0.15, -0.1) is 5.10 Å². The summed E-state index contributed by atoms with van der Waals surface area (Å²) < 4.78 is 1.82. The minimum absolute atomic E-state index is 0.672. The SMILES string of the molecule is CCNCc1cn(Cc2ncccc2C)nn1. The molecule has 90 valence electrons. The molecule has 0 saturated heterocycles. The average molecular weight is 231 g/mol. The molecule has 2 rings (SSSR count). The Morgan fingerprint density at radius 1 is 1.41 bits per heavy atom. The number of aryl methyl sites for hydroxylation is 1. The van der Waals surface area contributed by atoms with E-state index in [9.17, 15) is 0 Å². The van der Waals surface area contributed by atoms with Crippen LogP contribution < -0.4 is 5.32 Å². The van der Waals surface area contributed by atoms with Crippen LogP contribution in [0.4, 0.5) is 0 Å². The van der Waals surface area contributed by atoms with Gasteiger partial charge in [-0.25, -0.2) is 4.68 Å². The van der Waals surface area contributed by atoms with Crippen molar-refractivity contribution in [3.8, 4) is 0 Å². The Hall–Kier alpha value is -1.75. The highest BCUT2D eigenvalue weighted by Gasteiger charge is 2.03. The van der Waals surface area contributed by atoms with Crippen LogP contribution in [0.15, 0.2) is 24.5 Å². The summed E-state index contributed by atoms with van der Waals surface area (Å²) in [5, 5.41) is 11.4. The molecule has 0 radical (unpaired) electrons. The van der Waals surface area contributed by atoms with Gasteiger partial charge < -0.3 is 5.32 Å². The molecule has 5 heteroatoms. The van der Waals surface area contributed by atoms with Crippen molar-refractivity contribution < 1.29 is 0 Å². The van der Waals surface area contributed by atoms with Crippen LogP contribution in [0.1, 0.15) is 23.9 Å². The van der Waals surface area contributed by atoms with Crippen LogP contribution in [0.25, 0.3) is 0 Å². The quantitative estimate of drug-likeness (QED) is 0.838. The number of nitrogens with zero attached hydrogens (tertiary/aromatic N) is 4. The molecule has 0 bridgehead atoms. The van der Waals surface area contributed by atoms with Crippen LogP contribution in [0.2, 0.25) is 0 Å². The molecule has 2 heterocycles. The van der Waals surface area contributed by atoms with Crippen LogP contribution in [0.3, 0.4) is 0 Å². The maximum absolute atomic E-state index is 4.34. The topological polar surface area (TPSA) is 55.6 Å². The average Bonchev–Trinajstić information content (AvgIpc) is 2.77. The lowest BCUT2D eigenvalue weighted by Gasteiger charge is -2.03. The van der Waals surface area contributed by atoms with Crippen LogP contribution in [0.5, 0.6) is 0 Å². The molecule has 0 spiro atoms. The number of aromatic nitrogens is 4. The number of hydrogen-bond donors (Lipinski definition) is 1. The van der Waals surface area contributed by atoms with E-state index in [1.165, 1.54) is 5.56 Å². The molecule has 0 aliphatic heterocycles. The third kappa shape index (κ3) is 3.10. The second-order valence-electron chi connectivity index (χ2n) is 3.95. The second-order valence-corrected chi connectivity index (χ2v) is 3.95. The minimum atomic E-state index is 0.672. The molecule has 0 aliphatic rings. The number of rotatable bonds is 5. The zero-order valence-corrected chi connectivity index (χ0v) is 10.2. The van der Waals surface area contributed by atoms with E-state index in [0.717, 1.165) is 24.5 Å². The summed E-state index contributed by atoms with van der Waals surface area (Å²) in [7, 11) is 0. The molecule has 0 atom stereocenters. The molecule has 0 aliphatic carbocycles. The van der Waals surface area contributed by atoms with E-state index >= 15 is 0 Å². The molecule has 0 aromatic carbocycles. The third-order valence-electron chi connectivity index (χ3n) is 2.57. The van der Waals surface area contributed by atoms with Crippen molar-refractivity contribution in [2.24, 2.45) is 0 Å². The molecular formula is C12H17N5. The predicted molar refractivity (Wildman–Crippen MR) is 65.5 cm³/mol. The Bertz CT molecular complexity index is 477. The van der Waals surface area contributed by atoms with Gasteiger partial charge in [-0.1, -0.05) is 18.2 Å². The van der Waals surface area contributed by atoms with Gasteiger partial charge in [0.2, 0.25) is 0 Å². The van der Waals surface area contributed by atoms with Crippen LogP contribution in [0, 0.1) is 6.92 Å². The zero-order valence-electron chi connectivity index (χ0n) is 10.2. The highest BCUT2D eigenvalue weighted by atomic mass is 15.4. The molecular weight excluding hydrogens is 214 g/mol. The molecule has 2 aromatic heterocycles. The van der Waals surface area contributed by atoms with E-state index in [1.54, 1.807) is 6.20 Å². The molecule has 1 N–H and O–H groups in total. The van der Waals surface area contributed by atoms with E-state index in [-0.39, 0.29) is 0 Å². The Morgan fingerprint density at radius 3 is 3.06 bits per heavy atom. The van der Waals surface area contributed by atoms with Crippen LogP contribution >= 0.6 is 0 Å². The molecule has 0 amide bonds. The van der Waals surface area contributed by atoms with Crippen molar-refractivity contribution in [3.05, 3.63) is 41.5 Å². The highest BCUT2D eigenvalue weighted by molar-refractivity contribution is 5.17. The van der Waals surface area contributed by atoms with Crippen molar-refractivity contribution >= 4 is 0 Å². The monoisotopic (exact) mass is 231 g/mol. The Balaban J connectivity index is 2.04. The largest absolute Gasteiger partial charge is 0.311 e.